The van der Waals surface area contributed by atoms with Gasteiger partial charge in [-0.15, -0.1) is 0 Å². The minimum absolute atomic E-state index is 0.329. The molecule has 0 unspecified atom stereocenters. The van der Waals surface area contributed by atoms with Gasteiger partial charge in [-0.1, -0.05) is 33.3 Å². The number of carbonyl (C=O) groups is 3. The Hall–Kier alpha value is -2.11. The molecule has 0 amide bonds. The maximum atomic E-state index is 11.0. The van der Waals surface area contributed by atoms with Crippen molar-refractivity contribution in [1.29, 1.82) is 0 Å². The van der Waals surface area contributed by atoms with Crippen LogP contribution in [0.5, 0.6) is 0 Å². The van der Waals surface area contributed by atoms with Gasteiger partial charge in [-0.05, 0) is 12.8 Å². The Balaban J connectivity index is 0. The molecule has 0 rings (SSSR count). The highest BCUT2D eigenvalue weighted by molar-refractivity contribution is 5.91. The molecule has 0 radical (unpaired) electrons. The van der Waals surface area contributed by atoms with Gasteiger partial charge < -0.3 is 14.2 Å². The fourth-order valence-corrected chi connectivity index (χ4v) is 0.984. The third-order valence-corrected chi connectivity index (χ3v) is 2.09. The van der Waals surface area contributed by atoms with Crippen molar-refractivity contribution < 1.29 is 28.6 Å². The molecule has 0 aromatic heterocycles. The van der Waals surface area contributed by atoms with Crippen molar-refractivity contribution in [2.75, 3.05) is 13.2 Å². The Bertz CT molecular complexity index is 336. The fraction of sp³-hybridized carbons (Fsp3) is 0.562. The fourth-order valence-electron chi connectivity index (χ4n) is 0.984. The van der Waals surface area contributed by atoms with Gasteiger partial charge in [-0.25, -0.2) is 9.59 Å². The van der Waals surface area contributed by atoms with Crippen LogP contribution in [0, 0.1) is 0 Å². The normalized spacial score (nSPS) is 9.41. The minimum atomic E-state index is -0.499. The molecule has 0 aliphatic heterocycles. The van der Waals surface area contributed by atoms with E-state index in [0.29, 0.717) is 13.2 Å². The zero-order chi connectivity index (χ0) is 17.2. The Morgan fingerprint density at radius 1 is 0.909 bits per heavy atom. The number of esters is 3. The summed E-state index contributed by atoms with van der Waals surface area (Å²) in [6, 6.07) is 0. The summed E-state index contributed by atoms with van der Waals surface area (Å²) in [4.78, 5) is 31.8. The third kappa shape index (κ3) is 20.2. The third-order valence-electron chi connectivity index (χ3n) is 2.09. The van der Waals surface area contributed by atoms with Crippen molar-refractivity contribution in [2.45, 2.75) is 46.5 Å². The first kappa shape index (κ1) is 22.2. The summed E-state index contributed by atoms with van der Waals surface area (Å²) >= 11 is 0. The molecule has 0 spiro atoms. The van der Waals surface area contributed by atoms with E-state index in [1.54, 1.807) is 0 Å². The van der Waals surface area contributed by atoms with Crippen LogP contribution >= 0.6 is 0 Å². The Kier molecular flexibility index (Phi) is 17.1. The number of carbonyl (C=O) groups excluding carboxylic acids is 3. The Morgan fingerprint density at radius 3 is 1.55 bits per heavy atom. The van der Waals surface area contributed by atoms with Crippen LogP contribution in [-0.4, -0.2) is 31.1 Å². The predicted octanol–water partition coefficient (Wildman–Crippen LogP) is 2.92. The number of unbranched alkanes of at least 4 members (excludes halogenated alkanes) is 2. The summed E-state index contributed by atoms with van der Waals surface area (Å²) in [5.41, 5.74) is 0. The summed E-state index contributed by atoms with van der Waals surface area (Å²) in [5, 5.41) is 0. The molecule has 0 fully saturated rings. The lowest BCUT2D eigenvalue weighted by molar-refractivity contribution is -0.140. The number of hydrogen-bond donors (Lipinski definition) is 0. The summed E-state index contributed by atoms with van der Waals surface area (Å²) in [7, 11) is 0. The molecular formula is C16H26O6. The molecule has 0 aromatic rings. The van der Waals surface area contributed by atoms with E-state index in [2.05, 4.69) is 11.3 Å². The Labute approximate surface area is 132 Å². The van der Waals surface area contributed by atoms with Crippen LogP contribution in [0.2, 0.25) is 0 Å². The van der Waals surface area contributed by atoms with Crippen molar-refractivity contribution in [2.24, 2.45) is 0 Å². The molecule has 0 heterocycles. The van der Waals surface area contributed by atoms with Gasteiger partial charge in [0.1, 0.15) is 0 Å². The maximum absolute atomic E-state index is 11.0. The predicted molar refractivity (Wildman–Crippen MR) is 82.8 cm³/mol. The van der Waals surface area contributed by atoms with E-state index in [1.807, 2.05) is 13.8 Å². The topological polar surface area (TPSA) is 78.9 Å². The quantitative estimate of drug-likeness (QED) is 0.214. The van der Waals surface area contributed by atoms with Crippen LogP contribution in [0.15, 0.2) is 25.0 Å². The lowest BCUT2D eigenvalue weighted by atomic mass is 10.4. The molecule has 0 N–H and O–H groups in total. The molecule has 0 atom stereocenters. The summed E-state index contributed by atoms with van der Waals surface area (Å²) in [5.74, 6) is -1.33. The summed E-state index contributed by atoms with van der Waals surface area (Å²) < 4.78 is 13.8. The average molecular weight is 314 g/mol. The van der Waals surface area contributed by atoms with Gasteiger partial charge in [0.2, 0.25) is 0 Å². The van der Waals surface area contributed by atoms with Crippen LogP contribution in [0.1, 0.15) is 46.5 Å². The first-order chi connectivity index (χ1) is 10.5. The molecule has 126 valence electrons. The highest BCUT2D eigenvalue weighted by atomic mass is 16.5. The summed E-state index contributed by atoms with van der Waals surface area (Å²) in [6.07, 6.45) is 6.91. The van der Waals surface area contributed by atoms with Crippen LogP contribution in [0.4, 0.5) is 0 Å². The second-order valence-corrected chi connectivity index (χ2v) is 4.15. The molecule has 0 bridgehead atoms. The molecule has 0 saturated carbocycles. The van der Waals surface area contributed by atoms with Crippen molar-refractivity contribution in [3.63, 3.8) is 0 Å². The van der Waals surface area contributed by atoms with Gasteiger partial charge >= 0.3 is 17.9 Å². The molecule has 0 aliphatic rings. The van der Waals surface area contributed by atoms with Crippen molar-refractivity contribution in [1.82, 2.24) is 0 Å². The van der Waals surface area contributed by atoms with Gasteiger partial charge in [-0.3, -0.25) is 4.79 Å². The van der Waals surface area contributed by atoms with Gasteiger partial charge in [0.15, 0.2) is 0 Å². The van der Waals surface area contributed by atoms with E-state index in [-0.39, 0.29) is 5.97 Å². The van der Waals surface area contributed by atoms with E-state index in [0.717, 1.165) is 44.1 Å². The van der Waals surface area contributed by atoms with E-state index in [9.17, 15) is 14.4 Å². The van der Waals surface area contributed by atoms with Gasteiger partial charge in [0.25, 0.3) is 0 Å². The van der Waals surface area contributed by atoms with E-state index in [4.69, 9.17) is 9.47 Å². The second-order valence-electron chi connectivity index (χ2n) is 4.15. The second kappa shape index (κ2) is 16.9. The largest absolute Gasteiger partial charge is 0.463 e. The van der Waals surface area contributed by atoms with Gasteiger partial charge in [0.05, 0.1) is 19.5 Å². The smallest absolute Gasteiger partial charge is 0.331 e. The van der Waals surface area contributed by atoms with Crippen LogP contribution in [-0.2, 0) is 28.6 Å². The van der Waals surface area contributed by atoms with Crippen LogP contribution < -0.4 is 0 Å². The zero-order valence-corrected chi connectivity index (χ0v) is 13.6. The van der Waals surface area contributed by atoms with Gasteiger partial charge in [0, 0.05) is 19.1 Å². The molecule has 6 heteroatoms. The lowest BCUT2D eigenvalue weighted by Crippen LogP contribution is -2.05. The zero-order valence-electron chi connectivity index (χ0n) is 13.6. The average Bonchev–Trinajstić information content (AvgIpc) is 2.46. The molecule has 22 heavy (non-hydrogen) atoms. The minimum Gasteiger partial charge on any atom is -0.463 e. The number of hydrogen-bond acceptors (Lipinski definition) is 6. The molecule has 0 aromatic carbocycles. The van der Waals surface area contributed by atoms with E-state index >= 15 is 0 Å². The SMILES string of the molecule is C=COC(C)=O.CCCCOC(=O)C=CC(=O)OCCCC. The first-order valence-corrected chi connectivity index (χ1v) is 7.27. The van der Waals surface area contributed by atoms with Gasteiger partial charge in [-0.2, -0.15) is 0 Å². The van der Waals surface area contributed by atoms with Crippen LogP contribution in [0.25, 0.3) is 0 Å². The first-order valence-electron chi connectivity index (χ1n) is 7.27. The number of rotatable bonds is 9. The lowest BCUT2D eigenvalue weighted by Gasteiger charge is -2.00. The monoisotopic (exact) mass is 314 g/mol. The van der Waals surface area contributed by atoms with Crippen LogP contribution in [0.3, 0.4) is 0 Å². The molecule has 0 saturated heterocycles. The molecule has 6 nitrogen and oxygen atoms in total. The molecular weight excluding hydrogens is 288 g/mol. The van der Waals surface area contributed by atoms with Crippen molar-refractivity contribution >= 4 is 17.9 Å². The highest BCUT2D eigenvalue weighted by Crippen LogP contribution is 1.92. The maximum Gasteiger partial charge on any atom is 0.331 e. The standard InChI is InChI=1S/C12H20O4.C4H6O2/c1-3-5-9-15-11(13)7-8-12(14)16-10-6-4-2;1-3-6-4(2)5/h7-8H,3-6,9-10H2,1-2H3;3H,1H2,2H3. The highest BCUT2D eigenvalue weighted by Gasteiger charge is 2.00. The summed E-state index contributed by atoms with van der Waals surface area (Å²) in [6.45, 7) is 9.28. The molecule has 0 aliphatic carbocycles. The van der Waals surface area contributed by atoms with E-state index < -0.39 is 11.9 Å². The van der Waals surface area contributed by atoms with Crippen molar-refractivity contribution in [3.8, 4) is 0 Å². The van der Waals surface area contributed by atoms with Crippen molar-refractivity contribution in [3.05, 3.63) is 25.0 Å². The Morgan fingerprint density at radius 2 is 1.32 bits per heavy atom. The number of ether oxygens (including phenoxy) is 3. The van der Waals surface area contributed by atoms with E-state index in [1.165, 1.54) is 6.92 Å².